The van der Waals surface area contributed by atoms with E-state index >= 15 is 0 Å². The number of nitrogens with one attached hydrogen (secondary N) is 2. The molecule has 0 aliphatic carbocycles. The zero-order chi connectivity index (χ0) is 12.8. The molecule has 1 amide bonds. The first kappa shape index (κ1) is 13.4. The molecule has 0 aliphatic rings. The van der Waals surface area contributed by atoms with E-state index in [1.54, 1.807) is 7.11 Å². The van der Waals surface area contributed by atoms with Crippen molar-refractivity contribution in [3.8, 4) is 5.75 Å². The van der Waals surface area contributed by atoms with Crippen LogP contribution in [0.2, 0.25) is 0 Å². The van der Waals surface area contributed by atoms with Crippen LogP contribution < -0.4 is 15.4 Å². The Hall–Kier alpha value is -1.71. The summed E-state index contributed by atoms with van der Waals surface area (Å²) in [5.41, 5.74) is 1.68. The molecule has 1 rings (SSSR count). The minimum atomic E-state index is -0.105. The highest BCUT2D eigenvalue weighted by Crippen LogP contribution is 2.27. The van der Waals surface area contributed by atoms with Crippen molar-refractivity contribution in [3.05, 3.63) is 18.2 Å². The predicted molar refractivity (Wildman–Crippen MR) is 70.6 cm³/mol. The second-order valence-corrected chi connectivity index (χ2v) is 4.37. The third-order valence-corrected chi connectivity index (χ3v) is 2.23. The molecule has 0 spiro atoms. The average Bonchev–Trinajstić information content (AvgIpc) is 2.26. The van der Waals surface area contributed by atoms with Gasteiger partial charge in [0, 0.05) is 25.2 Å². The second kappa shape index (κ2) is 6.13. The van der Waals surface area contributed by atoms with Gasteiger partial charge in [0.05, 0.1) is 12.8 Å². The fourth-order valence-corrected chi connectivity index (χ4v) is 1.42. The van der Waals surface area contributed by atoms with E-state index in [0.29, 0.717) is 17.4 Å². The van der Waals surface area contributed by atoms with Gasteiger partial charge in [0.25, 0.3) is 0 Å². The minimum Gasteiger partial charge on any atom is -0.494 e. The number of amides is 1. The van der Waals surface area contributed by atoms with Crippen molar-refractivity contribution in [2.75, 3.05) is 24.3 Å². The summed E-state index contributed by atoms with van der Waals surface area (Å²) >= 11 is 0. The van der Waals surface area contributed by atoms with Crippen molar-refractivity contribution in [1.29, 1.82) is 0 Å². The Kier molecular flexibility index (Phi) is 4.82. The topological polar surface area (TPSA) is 50.4 Å². The van der Waals surface area contributed by atoms with Crippen molar-refractivity contribution in [2.24, 2.45) is 5.92 Å². The van der Waals surface area contributed by atoms with Gasteiger partial charge in [-0.2, -0.15) is 0 Å². The van der Waals surface area contributed by atoms with Crippen LogP contribution in [0.15, 0.2) is 18.2 Å². The first-order valence-electron chi connectivity index (χ1n) is 5.72. The molecule has 0 heterocycles. The number of hydrogen-bond donors (Lipinski definition) is 2. The smallest absolute Gasteiger partial charge is 0.221 e. The molecule has 0 saturated heterocycles. The number of carbonyl (C=O) groups excluding carboxylic acids is 1. The van der Waals surface area contributed by atoms with Gasteiger partial charge in [0.15, 0.2) is 0 Å². The van der Waals surface area contributed by atoms with Crippen LogP contribution in [0.1, 0.15) is 20.8 Å². The molecule has 1 aromatic carbocycles. The van der Waals surface area contributed by atoms with E-state index in [4.69, 9.17) is 4.74 Å². The van der Waals surface area contributed by atoms with Gasteiger partial charge in [-0.25, -0.2) is 0 Å². The van der Waals surface area contributed by atoms with E-state index in [1.165, 1.54) is 6.92 Å². The summed E-state index contributed by atoms with van der Waals surface area (Å²) in [5.74, 6) is 1.14. The van der Waals surface area contributed by atoms with Gasteiger partial charge in [-0.05, 0) is 18.1 Å². The van der Waals surface area contributed by atoms with Crippen molar-refractivity contribution in [2.45, 2.75) is 20.8 Å². The van der Waals surface area contributed by atoms with Gasteiger partial charge in [-0.15, -0.1) is 0 Å². The quantitative estimate of drug-likeness (QED) is 0.826. The molecule has 94 valence electrons. The number of hydrogen-bond acceptors (Lipinski definition) is 3. The van der Waals surface area contributed by atoms with E-state index in [1.807, 2.05) is 18.2 Å². The average molecular weight is 236 g/mol. The van der Waals surface area contributed by atoms with Crippen molar-refractivity contribution >= 4 is 17.3 Å². The maximum absolute atomic E-state index is 11.0. The molecule has 0 fully saturated rings. The number of carbonyl (C=O) groups is 1. The van der Waals surface area contributed by atoms with Gasteiger partial charge in [-0.3, -0.25) is 4.79 Å². The van der Waals surface area contributed by atoms with Gasteiger partial charge in [0.1, 0.15) is 5.75 Å². The summed E-state index contributed by atoms with van der Waals surface area (Å²) in [6, 6.07) is 5.65. The fourth-order valence-electron chi connectivity index (χ4n) is 1.42. The number of methoxy groups -OCH3 is 1. The molecule has 0 aliphatic heterocycles. The van der Waals surface area contributed by atoms with E-state index in [2.05, 4.69) is 24.5 Å². The molecular weight excluding hydrogens is 216 g/mol. The molecule has 17 heavy (non-hydrogen) atoms. The zero-order valence-electron chi connectivity index (χ0n) is 10.8. The van der Waals surface area contributed by atoms with Crippen LogP contribution >= 0.6 is 0 Å². The highest BCUT2D eigenvalue weighted by molar-refractivity contribution is 5.90. The lowest BCUT2D eigenvalue weighted by Crippen LogP contribution is -2.09. The van der Waals surface area contributed by atoms with Gasteiger partial charge in [-0.1, -0.05) is 13.8 Å². The lowest BCUT2D eigenvalue weighted by atomic mass is 10.2. The van der Waals surface area contributed by atoms with Crippen LogP contribution in [0.5, 0.6) is 5.75 Å². The van der Waals surface area contributed by atoms with Crippen molar-refractivity contribution < 1.29 is 9.53 Å². The molecule has 4 nitrogen and oxygen atoms in total. The molecule has 0 bridgehead atoms. The Balaban J connectivity index is 2.80. The Morgan fingerprint density at radius 3 is 2.65 bits per heavy atom. The zero-order valence-corrected chi connectivity index (χ0v) is 10.8. The van der Waals surface area contributed by atoms with E-state index in [0.717, 1.165) is 12.2 Å². The maximum Gasteiger partial charge on any atom is 0.221 e. The number of benzene rings is 1. The SMILES string of the molecule is COc1cc(NCC(C)C)ccc1NC(C)=O. The van der Waals surface area contributed by atoms with E-state index in [-0.39, 0.29) is 5.91 Å². The monoisotopic (exact) mass is 236 g/mol. The standard InChI is InChI=1S/C13H20N2O2/c1-9(2)8-14-11-5-6-12(15-10(3)16)13(7-11)17-4/h5-7,9,14H,8H2,1-4H3,(H,15,16). The van der Waals surface area contributed by atoms with Gasteiger partial charge in [0.2, 0.25) is 5.91 Å². The van der Waals surface area contributed by atoms with Crippen LogP contribution in [-0.4, -0.2) is 19.6 Å². The molecule has 4 heteroatoms. The largest absolute Gasteiger partial charge is 0.494 e. The van der Waals surface area contributed by atoms with Crippen molar-refractivity contribution in [3.63, 3.8) is 0 Å². The molecular formula is C13H20N2O2. The summed E-state index contributed by atoms with van der Waals surface area (Å²) in [5, 5.41) is 6.03. The third kappa shape index (κ3) is 4.34. The third-order valence-electron chi connectivity index (χ3n) is 2.23. The van der Waals surface area contributed by atoms with E-state index < -0.39 is 0 Å². The highest BCUT2D eigenvalue weighted by atomic mass is 16.5. The molecule has 0 radical (unpaired) electrons. The Bertz CT molecular complexity index is 389. The molecule has 0 unspecified atom stereocenters. The summed E-state index contributed by atoms with van der Waals surface area (Å²) in [6.45, 7) is 6.68. The maximum atomic E-state index is 11.0. The van der Waals surface area contributed by atoms with Crippen molar-refractivity contribution in [1.82, 2.24) is 0 Å². The van der Waals surface area contributed by atoms with Crippen LogP contribution in [0.4, 0.5) is 11.4 Å². The number of anilines is 2. The van der Waals surface area contributed by atoms with Crippen LogP contribution in [0.3, 0.4) is 0 Å². The van der Waals surface area contributed by atoms with Gasteiger partial charge < -0.3 is 15.4 Å². The summed E-state index contributed by atoms with van der Waals surface area (Å²) in [6.07, 6.45) is 0. The number of ether oxygens (including phenoxy) is 1. The lowest BCUT2D eigenvalue weighted by molar-refractivity contribution is -0.114. The van der Waals surface area contributed by atoms with Crippen LogP contribution in [0, 0.1) is 5.92 Å². The first-order chi connectivity index (χ1) is 8.02. The highest BCUT2D eigenvalue weighted by Gasteiger charge is 2.05. The minimum absolute atomic E-state index is 0.105. The predicted octanol–water partition coefficient (Wildman–Crippen LogP) is 2.72. The van der Waals surface area contributed by atoms with E-state index in [9.17, 15) is 4.79 Å². The summed E-state index contributed by atoms with van der Waals surface area (Å²) in [7, 11) is 1.59. The molecule has 0 aromatic heterocycles. The Labute approximate surface area is 102 Å². The first-order valence-corrected chi connectivity index (χ1v) is 5.72. The fraction of sp³-hybridized carbons (Fsp3) is 0.462. The second-order valence-electron chi connectivity index (χ2n) is 4.37. The Morgan fingerprint density at radius 1 is 1.41 bits per heavy atom. The lowest BCUT2D eigenvalue weighted by Gasteiger charge is -2.13. The molecule has 0 saturated carbocycles. The van der Waals surface area contributed by atoms with Gasteiger partial charge >= 0.3 is 0 Å². The van der Waals surface area contributed by atoms with Crippen LogP contribution in [0.25, 0.3) is 0 Å². The van der Waals surface area contributed by atoms with Crippen LogP contribution in [-0.2, 0) is 4.79 Å². The Morgan fingerprint density at radius 2 is 2.12 bits per heavy atom. The molecule has 0 atom stereocenters. The summed E-state index contributed by atoms with van der Waals surface area (Å²) in [4.78, 5) is 11.0. The molecule has 2 N–H and O–H groups in total. The normalized spacial score (nSPS) is 10.2. The summed E-state index contributed by atoms with van der Waals surface area (Å²) < 4.78 is 5.24. The molecule has 1 aromatic rings. The number of rotatable bonds is 5.